The van der Waals surface area contributed by atoms with Crippen molar-refractivity contribution in [3.05, 3.63) is 0 Å². The Balaban J connectivity index is 3.58. The van der Waals surface area contributed by atoms with E-state index in [1.54, 1.807) is 0 Å². The van der Waals surface area contributed by atoms with Gasteiger partial charge in [-0.3, -0.25) is 4.79 Å². The van der Waals surface area contributed by atoms with Gasteiger partial charge in [-0.1, -0.05) is 58.8 Å². The average Bonchev–Trinajstić information content (AvgIpc) is 2.48. The first-order valence-electron chi connectivity index (χ1n) is 9.47. The molecule has 0 rings (SSSR count). The van der Waals surface area contributed by atoms with E-state index in [1.165, 1.54) is 38.5 Å². The normalized spacial score (nSPS) is 13.8. The standard InChI is InChI=1S/C19H38O3/c1-4-6-7-8-9-12-15-18(5-2)22-19(21)16-13-10-11-14-17(3)20/h17-18,20H,4-16H2,1-3H3/t17-,18?/m1/s1. The molecule has 22 heavy (non-hydrogen) atoms. The molecule has 2 atom stereocenters. The Hall–Kier alpha value is -0.570. The molecule has 0 spiro atoms. The number of carbonyl (C=O) groups is 1. The van der Waals surface area contributed by atoms with E-state index in [9.17, 15) is 9.90 Å². The molecule has 0 saturated heterocycles. The van der Waals surface area contributed by atoms with Crippen LogP contribution in [0, 0.1) is 0 Å². The molecule has 0 fully saturated rings. The number of esters is 1. The van der Waals surface area contributed by atoms with Crippen molar-refractivity contribution < 1.29 is 14.6 Å². The maximum absolute atomic E-state index is 11.8. The van der Waals surface area contributed by atoms with Gasteiger partial charge in [0.25, 0.3) is 0 Å². The van der Waals surface area contributed by atoms with Gasteiger partial charge in [0, 0.05) is 6.42 Å². The van der Waals surface area contributed by atoms with Gasteiger partial charge < -0.3 is 9.84 Å². The molecule has 0 aromatic carbocycles. The highest BCUT2D eigenvalue weighted by Gasteiger charge is 2.12. The van der Waals surface area contributed by atoms with Crippen LogP contribution in [0.25, 0.3) is 0 Å². The van der Waals surface area contributed by atoms with E-state index < -0.39 is 0 Å². The number of aliphatic hydroxyl groups is 1. The van der Waals surface area contributed by atoms with E-state index in [0.717, 1.165) is 38.5 Å². The van der Waals surface area contributed by atoms with Crippen molar-refractivity contribution in [2.75, 3.05) is 0 Å². The fourth-order valence-electron chi connectivity index (χ4n) is 2.63. The summed E-state index contributed by atoms with van der Waals surface area (Å²) in [6.07, 6.45) is 13.7. The van der Waals surface area contributed by atoms with Crippen LogP contribution in [0.3, 0.4) is 0 Å². The van der Waals surface area contributed by atoms with Gasteiger partial charge in [-0.2, -0.15) is 0 Å². The number of hydrogen-bond donors (Lipinski definition) is 1. The molecular formula is C19H38O3. The zero-order chi connectivity index (χ0) is 16.6. The lowest BCUT2D eigenvalue weighted by molar-refractivity contribution is -0.149. The maximum atomic E-state index is 11.8. The van der Waals surface area contributed by atoms with Crippen LogP contribution in [0.15, 0.2) is 0 Å². The van der Waals surface area contributed by atoms with Crippen molar-refractivity contribution in [2.24, 2.45) is 0 Å². The van der Waals surface area contributed by atoms with Crippen molar-refractivity contribution in [1.29, 1.82) is 0 Å². The van der Waals surface area contributed by atoms with Crippen LogP contribution in [-0.2, 0) is 9.53 Å². The van der Waals surface area contributed by atoms with Crippen LogP contribution in [0.1, 0.15) is 104 Å². The molecule has 132 valence electrons. The molecule has 3 nitrogen and oxygen atoms in total. The first-order chi connectivity index (χ1) is 10.6. The molecule has 0 saturated carbocycles. The first-order valence-corrected chi connectivity index (χ1v) is 9.47. The Kier molecular flexibility index (Phi) is 14.9. The molecule has 0 aromatic rings. The van der Waals surface area contributed by atoms with Gasteiger partial charge in [-0.25, -0.2) is 0 Å². The largest absolute Gasteiger partial charge is 0.462 e. The molecule has 0 aliphatic heterocycles. The van der Waals surface area contributed by atoms with Crippen molar-refractivity contribution in [3.63, 3.8) is 0 Å². The summed E-state index contributed by atoms with van der Waals surface area (Å²) >= 11 is 0. The first kappa shape index (κ1) is 21.4. The summed E-state index contributed by atoms with van der Waals surface area (Å²) in [6.45, 7) is 6.14. The summed E-state index contributed by atoms with van der Waals surface area (Å²) in [5, 5.41) is 9.17. The summed E-state index contributed by atoms with van der Waals surface area (Å²) in [5.41, 5.74) is 0. The van der Waals surface area contributed by atoms with Crippen LogP contribution in [-0.4, -0.2) is 23.3 Å². The number of hydrogen-bond acceptors (Lipinski definition) is 3. The number of rotatable bonds is 15. The SMILES string of the molecule is CCCCCCCCC(CC)OC(=O)CCCCC[C@@H](C)O. The topological polar surface area (TPSA) is 46.5 Å². The molecule has 1 unspecified atom stereocenters. The molecule has 0 aliphatic carbocycles. The highest BCUT2D eigenvalue weighted by atomic mass is 16.5. The van der Waals surface area contributed by atoms with E-state index in [1.807, 2.05) is 6.92 Å². The van der Waals surface area contributed by atoms with Gasteiger partial charge >= 0.3 is 5.97 Å². The fraction of sp³-hybridized carbons (Fsp3) is 0.947. The zero-order valence-electron chi connectivity index (χ0n) is 15.1. The maximum Gasteiger partial charge on any atom is 0.306 e. The quantitative estimate of drug-likeness (QED) is 0.325. The van der Waals surface area contributed by atoms with Gasteiger partial charge in [0.2, 0.25) is 0 Å². The Morgan fingerprint density at radius 1 is 0.909 bits per heavy atom. The van der Waals surface area contributed by atoms with Gasteiger partial charge in [-0.05, 0) is 39.0 Å². The second-order valence-corrected chi connectivity index (χ2v) is 6.52. The molecule has 0 aliphatic rings. The van der Waals surface area contributed by atoms with Gasteiger partial charge in [0.1, 0.15) is 6.10 Å². The predicted molar refractivity (Wildman–Crippen MR) is 92.9 cm³/mol. The molecule has 3 heteroatoms. The molecule has 0 amide bonds. The minimum absolute atomic E-state index is 0.0464. The van der Waals surface area contributed by atoms with Crippen LogP contribution in [0.2, 0.25) is 0 Å². The molecule has 0 aromatic heterocycles. The summed E-state index contributed by atoms with van der Waals surface area (Å²) in [7, 11) is 0. The zero-order valence-corrected chi connectivity index (χ0v) is 15.1. The third kappa shape index (κ3) is 14.4. The fourth-order valence-corrected chi connectivity index (χ4v) is 2.63. The highest BCUT2D eigenvalue weighted by molar-refractivity contribution is 5.69. The highest BCUT2D eigenvalue weighted by Crippen LogP contribution is 2.14. The number of ether oxygens (including phenoxy) is 1. The van der Waals surface area contributed by atoms with Crippen LogP contribution < -0.4 is 0 Å². The lowest BCUT2D eigenvalue weighted by Gasteiger charge is -2.16. The third-order valence-electron chi connectivity index (χ3n) is 4.14. The minimum Gasteiger partial charge on any atom is -0.462 e. The number of unbranched alkanes of at least 4 members (excludes halogenated alkanes) is 7. The summed E-state index contributed by atoms with van der Waals surface area (Å²) in [6, 6.07) is 0. The Bertz CT molecular complexity index is 251. The van der Waals surface area contributed by atoms with Gasteiger partial charge in [0.15, 0.2) is 0 Å². The second kappa shape index (κ2) is 15.3. The van der Waals surface area contributed by atoms with Crippen LogP contribution >= 0.6 is 0 Å². The van der Waals surface area contributed by atoms with Gasteiger partial charge in [-0.15, -0.1) is 0 Å². The van der Waals surface area contributed by atoms with Crippen LogP contribution in [0.5, 0.6) is 0 Å². The van der Waals surface area contributed by atoms with E-state index in [0.29, 0.717) is 6.42 Å². The average molecular weight is 315 g/mol. The lowest BCUT2D eigenvalue weighted by Crippen LogP contribution is -2.17. The molecule has 1 N–H and O–H groups in total. The van der Waals surface area contributed by atoms with Crippen molar-refractivity contribution in [2.45, 2.75) is 116 Å². The summed E-state index contributed by atoms with van der Waals surface area (Å²) in [4.78, 5) is 11.8. The van der Waals surface area contributed by atoms with E-state index in [4.69, 9.17) is 4.74 Å². The summed E-state index contributed by atoms with van der Waals surface area (Å²) in [5.74, 6) is -0.0464. The molecule has 0 radical (unpaired) electrons. The van der Waals surface area contributed by atoms with E-state index in [-0.39, 0.29) is 18.2 Å². The third-order valence-corrected chi connectivity index (χ3v) is 4.14. The number of carbonyl (C=O) groups excluding carboxylic acids is 1. The Morgan fingerprint density at radius 3 is 2.14 bits per heavy atom. The lowest BCUT2D eigenvalue weighted by atomic mass is 10.1. The smallest absolute Gasteiger partial charge is 0.306 e. The monoisotopic (exact) mass is 314 g/mol. The van der Waals surface area contributed by atoms with Crippen molar-refractivity contribution in [3.8, 4) is 0 Å². The molecule has 0 bridgehead atoms. The predicted octanol–water partition coefficient (Wildman–Crippen LogP) is 5.39. The summed E-state index contributed by atoms with van der Waals surface area (Å²) < 4.78 is 5.57. The van der Waals surface area contributed by atoms with Gasteiger partial charge in [0.05, 0.1) is 6.10 Å². The van der Waals surface area contributed by atoms with Crippen molar-refractivity contribution >= 4 is 5.97 Å². The Morgan fingerprint density at radius 2 is 1.50 bits per heavy atom. The van der Waals surface area contributed by atoms with Crippen molar-refractivity contribution in [1.82, 2.24) is 0 Å². The van der Waals surface area contributed by atoms with Crippen LogP contribution in [0.4, 0.5) is 0 Å². The molecular weight excluding hydrogens is 276 g/mol. The Labute approximate surface area is 137 Å². The van der Waals surface area contributed by atoms with E-state index in [2.05, 4.69) is 13.8 Å². The minimum atomic E-state index is -0.228. The van der Waals surface area contributed by atoms with E-state index >= 15 is 0 Å². The molecule has 0 heterocycles. The number of aliphatic hydroxyl groups excluding tert-OH is 1. The second-order valence-electron chi connectivity index (χ2n) is 6.52.